The molecule has 0 saturated heterocycles. The summed E-state index contributed by atoms with van der Waals surface area (Å²) in [5, 5.41) is 29.2. The van der Waals surface area contributed by atoms with E-state index in [-0.39, 0.29) is 22.0 Å². The molecule has 1 N–H and O–H groups in total. The summed E-state index contributed by atoms with van der Waals surface area (Å²) in [5.74, 6) is 0.109. The summed E-state index contributed by atoms with van der Waals surface area (Å²) in [6, 6.07) is 9.26. The van der Waals surface area contributed by atoms with Crippen LogP contribution in [0.1, 0.15) is 5.56 Å². The van der Waals surface area contributed by atoms with Crippen molar-refractivity contribution in [3.8, 4) is 11.8 Å². The second kappa shape index (κ2) is 5.37. The van der Waals surface area contributed by atoms with Gasteiger partial charge in [0.05, 0.1) is 4.92 Å². The maximum Gasteiger partial charge on any atom is 0.319 e. The third-order valence-corrected chi connectivity index (χ3v) is 3.24. The molecule has 0 aliphatic carbocycles. The molecule has 19 heavy (non-hydrogen) atoms. The second-order valence-electron chi connectivity index (χ2n) is 3.48. The SMILES string of the molecule is N#Cc1ccnc(Sc2ccc(O)cc2)c1[N+](=O)[O-]. The molecule has 6 nitrogen and oxygen atoms in total. The largest absolute Gasteiger partial charge is 0.508 e. The summed E-state index contributed by atoms with van der Waals surface area (Å²) in [4.78, 5) is 15.0. The third kappa shape index (κ3) is 2.81. The van der Waals surface area contributed by atoms with Crippen molar-refractivity contribution in [2.24, 2.45) is 0 Å². The van der Waals surface area contributed by atoms with Gasteiger partial charge in [0.25, 0.3) is 0 Å². The average Bonchev–Trinajstić information content (AvgIpc) is 2.40. The van der Waals surface area contributed by atoms with Gasteiger partial charge < -0.3 is 5.11 Å². The van der Waals surface area contributed by atoms with Gasteiger partial charge in [-0.2, -0.15) is 5.26 Å². The van der Waals surface area contributed by atoms with E-state index in [0.29, 0.717) is 4.90 Å². The average molecular weight is 273 g/mol. The molecule has 94 valence electrons. The molecule has 0 fully saturated rings. The van der Waals surface area contributed by atoms with Crippen LogP contribution < -0.4 is 0 Å². The molecule has 1 aromatic heterocycles. The highest BCUT2D eigenvalue weighted by atomic mass is 32.2. The number of benzene rings is 1. The smallest absolute Gasteiger partial charge is 0.319 e. The van der Waals surface area contributed by atoms with E-state index in [0.717, 1.165) is 11.8 Å². The van der Waals surface area contributed by atoms with Crippen molar-refractivity contribution >= 4 is 17.4 Å². The minimum Gasteiger partial charge on any atom is -0.508 e. The van der Waals surface area contributed by atoms with Gasteiger partial charge in [-0.1, -0.05) is 11.8 Å². The molecule has 2 aromatic rings. The van der Waals surface area contributed by atoms with Gasteiger partial charge in [0.15, 0.2) is 5.03 Å². The molecule has 0 radical (unpaired) electrons. The van der Waals surface area contributed by atoms with Crippen LogP contribution in [0.3, 0.4) is 0 Å². The van der Waals surface area contributed by atoms with Gasteiger partial charge in [-0.05, 0) is 30.3 Å². The zero-order valence-electron chi connectivity index (χ0n) is 9.48. The quantitative estimate of drug-likeness (QED) is 0.681. The Morgan fingerprint density at radius 3 is 2.58 bits per heavy atom. The molecular weight excluding hydrogens is 266 g/mol. The first-order valence-corrected chi connectivity index (χ1v) is 5.94. The number of nitrogens with zero attached hydrogens (tertiary/aromatic N) is 3. The van der Waals surface area contributed by atoms with Crippen LogP contribution in [0.4, 0.5) is 5.69 Å². The summed E-state index contributed by atoms with van der Waals surface area (Å²) < 4.78 is 0. The van der Waals surface area contributed by atoms with Crippen molar-refractivity contribution in [2.75, 3.05) is 0 Å². The van der Waals surface area contributed by atoms with Crippen molar-refractivity contribution in [1.82, 2.24) is 4.98 Å². The highest BCUT2D eigenvalue weighted by molar-refractivity contribution is 7.99. The Bertz CT molecular complexity index is 665. The molecule has 0 saturated carbocycles. The third-order valence-electron chi connectivity index (χ3n) is 2.24. The van der Waals surface area contributed by atoms with Gasteiger partial charge in [-0.25, -0.2) is 4.98 Å². The van der Waals surface area contributed by atoms with Crippen LogP contribution in [0.2, 0.25) is 0 Å². The van der Waals surface area contributed by atoms with Gasteiger partial charge in [-0.3, -0.25) is 10.1 Å². The van der Waals surface area contributed by atoms with Crippen LogP contribution in [0.25, 0.3) is 0 Å². The number of hydrogen-bond acceptors (Lipinski definition) is 6. The van der Waals surface area contributed by atoms with E-state index in [9.17, 15) is 15.2 Å². The van der Waals surface area contributed by atoms with E-state index >= 15 is 0 Å². The van der Waals surface area contributed by atoms with E-state index in [4.69, 9.17) is 5.26 Å². The van der Waals surface area contributed by atoms with E-state index in [1.165, 1.54) is 24.4 Å². The molecule has 0 aliphatic heterocycles. The van der Waals surface area contributed by atoms with Crippen LogP contribution in [0, 0.1) is 21.4 Å². The van der Waals surface area contributed by atoms with Gasteiger partial charge in [0.2, 0.25) is 0 Å². The van der Waals surface area contributed by atoms with Crippen LogP contribution in [-0.2, 0) is 0 Å². The summed E-state index contributed by atoms with van der Waals surface area (Å²) in [7, 11) is 0. The molecule has 1 heterocycles. The summed E-state index contributed by atoms with van der Waals surface area (Å²) >= 11 is 1.07. The Labute approximate surface area is 112 Å². The van der Waals surface area contributed by atoms with Gasteiger partial charge in [-0.15, -0.1) is 0 Å². The molecule has 2 rings (SSSR count). The lowest BCUT2D eigenvalue weighted by Crippen LogP contribution is -1.96. The van der Waals surface area contributed by atoms with E-state index in [2.05, 4.69) is 4.98 Å². The maximum absolute atomic E-state index is 11.0. The summed E-state index contributed by atoms with van der Waals surface area (Å²) in [6.45, 7) is 0. The summed E-state index contributed by atoms with van der Waals surface area (Å²) in [5.41, 5.74) is -0.329. The maximum atomic E-state index is 11.0. The van der Waals surface area contributed by atoms with Gasteiger partial charge >= 0.3 is 5.69 Å². The van der Waals surface area contributed by atoms with Crippen molar-refractivity contribution in [2.45, 2.75) is 9.92 Å². The van der Waals surface area contributed by atoms with Crippen LogP contribution >= 0.6 is 11.8 Å². The number of nitro groups is 1. The zero-order chi connectivity index (χ0) is 13.8. The predicted octanol–water partition coefficient (Wildman–Crippen LogP) is 2.72. The fraction of sp³-hybridized carbons (Fsp3) is 0. The molecule has 0 bridgehead atoms. The second-order valence-corrected chi connectivity index (χ2v) is 4.54. The topological polar surface area (TPSA) is 100 Å². The number of nitriles is 1. The number of phenolic OH excluding ortho intramolecular Hbond substituents is 1. The number of hydrogen-bond donors (Lipinski definition) is 1. The number of aromatic hydroxyl groups is 1. The van der Waals surface area contributed by atoms with Crippen LogP contribution in [-0.4, -0.2) is 15.0 Å². The zero-order valence-corrected chi connectivity index (χ0v) is 10.3. The molecule has 1 aromatic carbocycles. The first-order valence-electron chi connectivity index (χ1n) is 5.12. The molecule has 7 heteroatoms. The Balaban J connectivity index is 2.43. The lowest BCUT2D eigenvalue weighted by Gasteiger charge is -2.03. The minimum absolute atomic E-state index is 0.0266. The highest BCUT2D eigenvalue weighted by Crippen LogP contribution is 2.35. The van der Waals surface area contributed by atoms with Gasteiger partial charge in [0.1, 0.15) is 17.4 Å². The van der Waals surface area contributed by atoms with E-state index < -0.39 is 4.92 Å². The van der Waals surface area contributed by atoms with Crippen LogP contribution in [0.5, 0.6) is 5.75 Å². The van der Waals surface area contributed by atoms with Crippen LogP contribution in [0.15, 0.2) is 46.5 Å². The van der Waals surface area contributed by atoms with Crippen molar-refractivity contribution < 1.29 is 10.0 Å². The van der Waals surface area contributed by atoms with Crippen molar-refractivity contribution in [3.63, 3.8) is 0 Å². The molecule has 0 spiro atoms. The number of phenols is 1. The first kappa shape index (κ1) is 12.9. The first-order chi connectivity index (χ1) is 9.11. The molecule has 0 aliphatic rings. The molecule has 0 unspecified atom stereocenters. The Kier molecular flexibility index (Phi) is 3.63. The normalized spacial score (nSPS) is 9.84. The number of rotatable bonds is 3. The summed E-state index contributed by atoms with van der Waals surface area (Å²) in [6.07, 6.45) is 1.36. The Morgan fingerprint density at radius 1 is 1.32 bits per heavy atom. The minimum atomic E-state index is -0.617. The monoisotopic (exact) mass is 273 g/mol. The highest BCUT2D eigenvalue weighted by Gasteiger charge is 2.21. The van der Waals surface area contributed by atoms with E-state index in [1.807, 2.05) is 0 Å². The molecular formula is C12H7N3O3S. The molecule has 0 atom stereocenters. The Morgan fingerprint density at radius 2 is 2.00 bits per heavy atom. The lowest BCUT2D eigenvalue weighted by molar-refractivity contribution is -0.388. The predicted molar refractivity (Wildman–Crippen MR) is 67.8 cm³/mol. The lowest BCUT2D eigenvalue weighted by atomic mass is 10.2. The standard InChI is InChI=1S/C12H7N3O3S/c13-7-8-5-6-14-12(11(8)15(17)18)19-10-3-1-9(16)2-4-10/h1-6,16H. The number of aromatic nitrogens is 1. The molecule has 0 amide bonds. The number of pyridine rings is 1. The van der Waals surface area contributed by atoms with Gasteiger partial charge in [0, 0.05) is 11.1 Å². The fourth-order valence-electron chi connectivity index (χ4n) is 1.40. The Hall–Kier alpha value is -2.59. The van der Waals surface area contributed by atoms with Crippen molar-refractivity contribution in [3.05, 3.63) is 52.2 Å². The van der Waals surface area contributed by atoms with Crippen molar-refractivity contribution in [1.29, 1.82) is 5.26 Å². The van der Waals surface area contributed by atoms with E-state index in [1.54, 1.807) is 18.2 Å². The fourth-order valence-corrected chi connectivity index (χ4v) is 2.29.